The Hall–Kier alpha value is -2.04. The Kier molecular flexibility index (Phi) is 8.19. The molecule has 1 fully saturated rings. The van der Waals surface area contributed by atoms with Gasteiger partial charge in [0.25, 0.3) is 0 Å². The van der Waals surface area contributed by atoms with E-state index in [-0.39, 0.29) is 0 Å². The first kappa shape index (κ1) is 20.7. The average molecular weight is 385 g/mol. The first-order chi connectivity index (χ1) is 13.8. The summed E-state index contributed by atoms with van der Waals surface area (Å²) >= 11 is 0. The monoisotopic (exact) mass is 384 g/mol. The summed E-state index contributed by atoms with van der Waals surface area (Å²) in [6, 6.07) is 18.8. The average Bonchev–Trinajstić information content (AvgIpc) is 2.96. The van der Waals surface area contributed by atoms with Gasteiger partial charge in [0.2, 0.25) is 0 Å². The molecule has 1 heterocycles. The predicted molar refractivity (Wildman–Crippen MR) is 113 cm³/mol. The van der Waals surface area contributed by atoms with E-state index < -0.39 is 0 Å². The van der Waals surface area contributed by atoms with Crippen LogP contribution in [0.1, 0.15) is 31.7 Å². The number of unbranched alkanes of at least 4 members (excludes halogenated alkanes) is 1. The minimum atomic E-state index is 0.711. The number of benzene rings is 2. The molecular weight excluding hydrogens is 350 g/mol. The molecule has 0 saturated carbocycles. The summed E-state index contributed by atoms with van der Waals surface area (Å²) in [5, 5.41) is 0. The standard InChI is InChI=1S/C24H34NO3/c1-2-3-18-27-23-10-12-24(13-11-23)28-20-16-25(14-7-17-26-19-15-25)21-22-8-5-4-6-9-22/h4-6,8-13H,2-3,7,14-21H2,1H3/q+1. The van der Waals surface area contributed by atoms with Crippen LogP contribution < -0.4 is 9.47 Å². The van der Waals surface area contributed by atoms with Crippen molar-refractivity contribution in [2.45, 2.75) is 32.7 Å². The van der Waals surface area contributed by atoms with Crippen molar-refractivity contribution in [3.8, 4) is 11.5 Å². The molecule has 0 aromatic heterocycles. The van der Waals surface area contributed by atoms with Crippen LogP contribution in [0, 0.1) is 0 Å². The molecule has 0 aliphatic carbocycles. The highest BCUT2D eigenvalue weighted by Gasteiger charge is 2.29. The van der Waals surface area contributed by atoms with Gasteiger partial charge in [-0.2, -0.15) is 0 Å². The quantitative estimate of drug-likeness (QED) is 0.440. The fourth-order valence-electron chi connectivity index (χ4n) is 3.73. The largest absolute Gasteiger partial charge is 0.494 e. The fraction of sp³-hybridized carbons (Fsp3) is 0.500. The highest BCUT2D eigenvalue weighted by Crippen LogP contribution is 2.20. The Bertz CT molecular complexity index is 664. The molecule has 152 valence electrons. The lowest BCUT2D eigenvalue weighted by atomic mass is 10.1. The third-order valence-electron chi connectivity index (χ3n) is 5.42. The maximum absolute atomic E-state index is 6.08. The lowest BCUT2D eigenvalue weighted by Gasteiger charge is -2.37. The summed E-state index contributed by atoms with van der Waals surface area (Å²) in [6.45, 7) is 9.58. The van der Waals surface area contributed by atoms with Crippen LogP contribution >= 0.6 is 0 Å². The zero-order chi connectivity index (χ0) is 19.5. The van der Waals surface area contributed by atoms with Crippen LogP contribution in [0.2, 0.25) is 0 Å². The summed E-state index contributed by atoms with van der Waals surface area (Å²) in [6.07, 6.45) is 3.34. The van der Waals surface area contributed by atoms with E-state index in [9.17, 15) is 0 Å². The normalized spacial score (nSPS) is 19.8. The highest BCUT2D eigenvalue weighted by atomic mass is 16.5. The van der Waals surface area contributed by atoms with Gasteiger partial charge in [0.05, 0.1) is 26.4 Å². The van der Waals surface area contributed by atoms with Crippen LogP contribution in [0.3, 0.4) is 0 Å². The SMILES string of the molecule is CCCCOc1ccc(OCC[N+]2(Cc3ccccc3)CCCOCC2)cc1. The molecule has 1 aliphatic rings. The van der Waals surface area contributed by atoms with Crippen molar-refractivity contribution in [3.63, 3.8) is 0 Å². The number of quaternary nitrogens is 1. The van der Waals surface area contributed by atoms with Crippen molar-refractivity contribution in [1.82, 2.24) is 0 Å². The molecular formula is C24H34NO3+. The van der Waals surface area contributed by atoms with Crippen LogP contribution in [0.5, 0.6) is 11.5 Å². The Morgan fingerprint density at radius 1 is 0.857 bits per heavy atom. The van der Waals surface area contributed by atoms with Gasteiger partial charge >= 0.3 is 0 Å². The third-order valence-corrected chi connectivity index (χ3v) is 5.42. The Morgan fingerprint density at radius 3 is 2.29 bits per heavy atom. The lowest BCUT2D eigenvalue weighted by molar-refractivity contribution is -0.939. The highest BCUT2D eigenvalue weighted by molar-refractivity contribution is 5.31. The molecule has 2 aromatic rings. The molecule has 0 N–H and O–H groups in total. The van der Waals surface area contributed by atoms with Crippen LogP contribution in [0.25, 0.3) is 0 Å². The number of nitrogens with zero attached hydrogens (tertiary/aromatic N) is 1. The van der Waals surface area contributed by atoms with Crippen LogP contribution in [-0.2, 0) is 11.3 Å². The van der Waals surface area contributed by atoms with Crippen molar-refractivity contribution < 1.29 is 18.7 Å². The van der Waals surface area contributed by atoms with E-state index in [4.69, 9.17) is 14.2 Å². The zero-order valence-corrected chi connectivity index (χ0v) is 17.1. The number of rotatable bonds is 10. The first-order valence-electron chi connectivity index (χ1n) is 10.6. The van der Waals surface area contributed by atoms with Gasteiger partial charge in [-0.25, -0.2) is 0 Å². The summed E-state index contributed by atoms with van der Waals surface area (Å²) < 4.78 is 18.6. The van der Waals surface area contributed by atoms with Gasteiger partial charge in [-0.05, 0) is 30.7 Å². The van der Waals surface area contributed by atoms with Crippen LogP contribution in [-0.4, -0.2) is 50.5 Å². The fourth-order valence-corrected chi connectivity index (χ4v) is 3.73. The third kappa shape index (κ3) is 6.54. The van der Waals surface area contributed by atoms with E-state index in [0.29, 0.717) is 6.61 Å². The van der Waals surface area contributed by atoms with Gasteiger partial charge in [-0.3, -0.25) is 0 Å². The Morgan fingerprint density at radius 2 is 1.57 bits per heavy atom. The molecule has 1 atom stereocenters. The van der Waals surface area contributed by atoms with Crippen LogP contribution in [0.4, 0.5) is 0 Å². The van der Waals surface area contributed by atoms with Gasteiger partial charge in [0.15, 0.2) is 0 Å². The second-order valence-corrected chi connectivity index (χ2v) is 7.64. The van der Waals surface area contributed by atoms with E-state index in [2.05, 4.69) is 37.3 Å². The molecule has 4 nitrogen and oxygen atoms in total. The molecule has 0 radical (unpaired) electrons. The second kappa shape index (κ2) is 11.1. The molecule has 1 aliphatic heterocycles. The molecule has 1 unspecified atom stereocenters. The van der Waals surface area contributed by atoms with Gasteiger partial charge < -0.3 is 18.7 Å². The van der Waals surface area contributed by atoms with E-state index in [1.54, 1.807) is 0 Å². The molecule has 0 bridgehead atoms. The van der Waals surface area contributed by atoms with Gasteiger partial charge in [-0.15, -0.1) is 0 Å². The minimum Gasteiger partial charge on any atom is -0.494 e. The first-order valence-corrected chi connectivity index (χ1v) is 10.6. The molecule has 2 aromatic carbocycles. The smallest absolute Gasteiger partial charge is 0.137 e. The molecule has 0 spiro atoms. The molecule has 3 rings (SSSR count). The maximum atomic E-state index is 6.08. The molecule has 0 amide bonds. The van der Waals surface area contributed by atoms with Gasteiger partial charge in [-0.1, -0.05) is 43.7 Å². The number of hydrogen-bond donors (Lipinski definition) is 0. The van der Waals surface area contributed by atoms with Gasteiger partial charge in [0.1, 0.15) is 37.7 Å². The van der Waals surface area contributed by atoms with Crippen molar-refractivity contribution in [2.75, 3.05) is 46.1 Å². The topological polar surface area (TPSA) is 27.7 Å². The van der Waals surface area contributed by atoms with E-state index in [0.717, 1.165) is 81.2 Å². The van der Waals surface area contributed by atoms with E-state index in [1.165, 1.54) is 5.56 Å². The van der Waals surface area contributed by atoms with E-state index in [1.807, 2.05) is 24.3 Å². The molecule has 28 heavy (non-hydrogen) atoms. The summed E-state index contributed by atoms with van der Waals surface area (Å²) in [7, 11) is 0. The predicted octanol–water partition coefficient (Wildman–Crippen LogP) is 4.68. The van der Waals surface area contributed by atoms with Crippen molar-refractivity contribution in [2.24, 2.45) is 0 Å². The molecule has 1 saturated heterocycles. The summed E-state index contributed by atoms with van der Waals surface area (Å²) in [5.41, 5.74) is 1.39. The van der Waals surface area contributed by atoms with Crippen molar-refractivity contribution >= 4 is 0 Å². The Labute approximate surface area is 169 Å². The minimum absolute atomic E-state index is 0.711. The lowest BCUT2D eigenvalue weighted by Crippen LogP contribution is -2.51. The van der Waals surface area contributed by atoms with E-state index >= 15 is 0 Å². The Balaban J connectivity index is 1.54. The van der Waals surface area contributed by atoms with Crippen LogP contribution in [0.15, 0.2) is 54.6 Å². The molecule has 4 heteroatoms. The summed E-state index contributed by atoms with van der Waals surface area (Å²) in [5.74, 6) is 1.82. The number of ether oxygens (including phenoxy) is 3. The number of hydrogen-bond acceptors (Lipinski definition) is 3. The maximum Gasteiger partial charge on any atom is 0.137 e. The van der Waals surface area contributed by atoms with Crippen molar-refractivity contribution in [3.05, 3.63) is 60.2 Å². The second-order valence-electron chi connectivity index (χ2n) is 7.64. The van der Waals surface area contributed by atoms with Crippen molar-refractivity contribution in [1.29, 1.82) is 0 Å². The van der Waals surface area contributed by atoms with Gasteiger partial charge in [0, 0.05) is 12.0 Å². The summed E-state index contributed by atoms with van der Waals surface area (Å²) in [4.78, 5) is 0. The zero-order valence-electron chi connectivity index (χ0n) is 17.1.